The van der Waals surface area contributed by atoms with Gasteiger partial charge in [-0.1, -0.05) is 43.2 Å². The van der Waals surface area contributed by atoms with E-state index in [-0.39, 0.29) is 11.6 Å². The Morgan fingerprint density at radius 1 is 1.13 bits per heavy atom. The maximum absolute atomic E-state index is 12.3. The van der Waals surface area contributed by atoms with Crippen molar-refractivity contribution >= 4 is 11.6 Å². The second-order valence-electron chi connectivity index (χ2n) is 7.80. The van der Waals surface area contributed by atoms with Crippen LogP contribution in [0.4, 0.5) is 5.69 Å². The number of hydrogen-bond donors (Lipinski definition) is 1. The summed E-state index contributed by atoms with van der Waals surface area (Å²) >= 11 is 0. The van der Waals surface area contributed by atoms with E-state index in [4.69, 9.17) is 4.74 Å². The van der Waals surface area contributed by atoms with Crippen LogP contribution in [0.5, 0.6) is 5.75 Å². The van der Waals surface area contributed by atoms with Crippen LogP contribution in [0.1, 0.15) is 61.8 Å². The van der Waals surface area contributed by atoms with Crippen LogP contribution in [-0.2, 0) is 11.3 Å². The number of rotatable bonds is 12. The van der Waals surface area contributed by atoms with E-state index in [9.17, 15) is 20.0 Å². The molecule has 0 saturated heterocycles. The van der Waals surface area contributed by atoms with E-state index in [0.717, 1.165) is 31.2 Å². The number of ether oxygens (including phenoxy) is 1. The first-order valence-electron chi connectivity index (χ1n) is 10.7. The molecule has 7 nitrogen and oxygen atoms in total. The number of aliphatic hydroxyl groups is 1. The predicted octanol–water partition coefficient (Wildman–Crippen LogP) is 4.94. The summed E-state index contributed by atoms with van der Waals surface area (Å²) in [6.45, 7) is 4.34. The molecule has 1 amide bonds. The summed E-state index contributed by atoms with van der Waals surface area (Å²) in [5, 5.41) is 21.1. The Morgan fingerprint density at radius 3 is 2.45 bits per heavy atom. The third-order valence-corrected chi connectivity index (χ3v) is 5.29. The van der Waals surface area contributed by atoms with Gasteiger partial charge in [-0.15, -0.1) is 0 Å². The molecule has 1 atom stereocenters. The number of hydrogen-bond acceptors (Lipinski definition) is 5. The van der Waals surface area contributed by atoms with Crippen LogP contribution in [-0.4, -0.2) is 34.5 Å². The fourth-order valence-electron chi connectivity index (χ4n) is 3.59. The van der Waals surface area contributed by atoms with Crippen molar-refractivity contribution in [1.29, 1.82) is 0 Å². The normalized spacial score (nSPS) is 11.7. The van der Waals surface area contributed by atoms with Gasteiger partial charge in [0.15, 0.2) is 0 Å². The van der Waals surface area contributed by atoms with Crippen molar-refractivity contribution in [2.24, 2.45) is 0 Å². The molecule has 168 valence electrons. The Hall–Kier alpha value is -2.93. The first-order chi connectivity index (χ1) is 14.8. The molecular weight excluding hydrogens is 396 g/mol. The zero-order valence-corrected chi connectivity index (χ0v) is 18.5. The average Bonchev–Trinajstić information content (AvgIpc) is 2.73. The van der Waals surface area contributed by atoms with Crippen molar-refractivity contribution in [3.05, 3.63) is 69.3 Å². The van der Waals surface area contributed by atoms with E-state index < -0.39 is 11.0 Å². The van der Waals surface area contributed by atoms with Gasteiger partial charge >= 0.3 is 0 Å². The van der Waals surface area contributed by atoms with Crippen LogP contribution in [0.3, 0.4) is 0 Å². The highest BCUT2D eigenvalue weighted by Crippen LogP contribution is 2.34. The number of nitro groups is 1. The minimum atomic E-state index is -0.943. The molecule has 0 heterocycles. The summed E-state index contributed by atoms with van der Waals surface area (Å²) in [5.74, 6) is 0.700. The molecule has 0 bridgehead atoms. The van der Waals surface area contributed by atoms with Gasteiger partial charge in [-0.3, -0.25) is 14.9 Å². The number of aliphatic hydroxyl groups excluding tert-OH is 1. The lowest BCUT2D eigenvalue weighted by Crippen LogP contribution is -2.25. The summed E-state index contributed by atoms with van der Waals surface area (Å²) in [6.07, 6.45) is 3.12. The standard InChI is InChI=1S/C24H32N2O5/c1-18-22(15-14-21(26(29)30)24(18)19(2)27)31-16-10-5-4-9-13-23(28)25(3)17-20-11-7-6-8-12-20/h6-8,11-12,14-15,19,27H,4-5,9-10,13,16-17H2,1-3H3. The monoisotopic (exact) mass is 428 g/mol. The van der Waals surface area contributed by atoms with Gasteiger partial charge in [0.25, 0.3) is 5.69 Å². The van der Waals surface area contributed by atoms with E-state index in [2.05, 4.69) is 0 Å². The summed E-state index contributed by atoms with van der Waals surface area (Å²) < 4.78 is 5.79. The minimum absolute atomic E-state index is 0.0956. The predicted molar refractivity (Wildman–Crippen MR) is 120 cm³/mol. The van der Waals surface area contributed by atoms with E-state index in [1.54, 1.807) is 17.9 Å². The van der Waals surface area contributed by atoms with Gasteiger partial charge in [-0.2, -0.15) is 0 Å². The van der Waals surface area contributed by atoms with Gasteiger partial charge in [0.1, 0.15) is 5.75 Å². The number of nitro benzene ring substituents is 1. The largest absolute Gasteiger partial charge is 0.493 e. The number of unbranched alkanes of at least 4 members (excludes halogenated alkanes) is 3. The highest BCUT2D eigenvalue weighted by molar-refractivity contribution is 5.75. The molecule has 0 fully saturated rings. The van der Waals surface area contributed by atoms with Crippen molar-refractivity contribution in [2.75, 3.05) is 13.7 Å². The van der Waals surface area contributed by atoms with Gasteiger partial charge in [0.2, 0.25) is 5.91 Å². The smallest absolute Gasteiger partial charge is 0.275 e. The first-order valence-corrected chi connectivity index (χ1v) is 10.7. The lowest BCUT2D eigenvalue weighted by Gasteiger charge is -2.17. The second-order valence-corrected chi connectivity index (χ2v) is 7.80. The van der Waals surface area contributed by atoms with Crippen molar-refractivity contribution in [3.63, 3.8) is 0 Å². The third kappa shape index (κ3) is 7.36. The van der Waals surface area contributed by atoms with Gasteiger partial charge in [0, 0.05) is 31.6 Å². The summed E-state index contributed by atoms with van der Waals surface area (Å²) in [4.78, 5) is 24.7. The van der Waals surface area contributed by atoms with Crippen LogP contribution in [0.15, 0.2) is 42.5 Å². The molecule has 1 N–H and O–H groups in total. The van der Waals surface area contributed by atoms with Crippen LogP contribution in [0.25, 0.3) is 0 Å². The van der Waals surface area contributed by atoms with Gasteiger partial charge in [0.05, 0.1) is 23.2 Å². The number of carbonyl (C=O) groups excluding carboxylic acids is 1. The van der Waals surface area contributed by atoms with Crippen LogP contribution >= 0.6 is 0 Å². The lowest BCUT2D eigenvalue weighted by atomic mass is 10.0. The number of amides is 1. The molecule has 0 aliphatic rings. The fourth-order valence-corrected chi connectivity index (χ4v) is 3.59. The number of nitrogens with zero attached hydrogens (tertiary/aromatic N) is 2. The Bertz CT molecular complexity index is 868. The topological polar surface area (TPSA) is 92.9 Å². The molecule has 0 saturated carbocycles. The molecule has 1 unspecified atom stereocenters. The van der Waals surface area contributed by atoms with Crippen molar-refractivity contribution in [1.82, 2.24) is 4.90 Å². The Labute approximate surface area is 183 Å². The number of benzene rings is 2. The molecule has 0 radical (unpaired) electrons. The molecule has 31 heavy (non-hydrogen) atoms. The first kappa shape index (κ1) is 24.3. The van der Waals surface area contributed by atoms with Crippen LogP contribution in [0, 0.1) is 17.0 Å². The molecule has 2 aromatic carbocycles. The highest BCUT2D eigenvalue weighted by atomic mass is 16.6. The van der Waals surface area contributed by atoms with E-state index in [1.807, 2.05) is 37.4 Å². The SMILES string of the molecule is Cc1c(OCCCCCCC(=O)N(C)Cc2ccccc2)ccc([N+](=O)[O-])c1C(C)O. The van der Waals surface area contributed by atoms with E-state index >= 15 is 0 Å². The maximum Gasteiger partial charge on any atom is 0.275 e. The summed E-state index contributed by atoms with van der Waals surface area (Å²) in [5.41, 5.74) is 1.91. The molecule has 0 aliphatic carbocycles. The molecule has 0 spiro atoms. The molecule has 2 aromatic rings. The Balaban J connectivity index is 1.69. The molecule has 7 heteroatoms. The fraction of sp³-hybridized carbons (Fsp3) is 0.458. The Morgan fingerprint density at radius 2 is 1.81 bits per heavy atom. The van der Waals surface area contributed by atoms with Gasteiger partial charge in [-0.25, -0.2) is 0 Å². The van der Waals surface area contributed by atoms with Crippen molar-refractivity contribution < 1.29 is 19.6 Å². The zero-order chi connectivity index (χ0) is 22.8. The molecular formula is C24H32N2O5. The van der Waals surface area contributed by atoms with E-state index in [1.165, 1.54) is 13.0 Å². The summed E-state index contributed by atoms with van der Waals surface area (Å²) in [7, 11) is 1.83. The molecule has 2 rings (SSSR count). The molecule has 0 aromatic heterocycles. The maximum atomic E-state index is 12.3. The van der Waals surface area contributed by atoms with Crippen molar-refractivity contribution in [2.45, 2.75) is 58.6 Å². The average molecular weight is 429 g/mol. The summed E-state index contributed by atoms with van der Waals surface area (Å²) in [6, 6.07) is 12.9. The lowest BCUT2D eigenvalue weighted by molar-refractivity contribution is -0.386. The number of carbonyl (C=O) groups is 1. The van der Waals surface area contributed by atoms with Gasteiger partial charge in [-0.05, 0) is 38.3 Å². The minimum Gasteiger partial charge on any atom is -0.493 e. The van der Waals surface area contributed by atoms with Crippen LogP contribution in [0.2, 0.25) is 0 Å². The highest BCUT2D eigenvalue weighted by Gasteiger charge is 2.22. The quantitative estimate of drug-likeness (QED) is 0.293. The Kier molecular flexibility index (Phi) is 9.46. The zero-order valence-electron chi connectivity index (χ0n) is 18.5. The van der Waals surface area contributed by atoms with Gasteiger partial charge < -0.3 is 14.7 Å². The van der Waals surface area contributed by atoms with Crippen LogP contribution < -0.4 is 4.74 Å². The molecule has 0 aliphatic heterocycles. The van der Waals surface area contributed by atoms with Crippen molar-refractivity contribution in [3.8, 4) is 5.75 Å². The van der Waals surface area contributed by atoms with E-state index in [0.29, 0.717) is 36.4 Å². The second kappa shape index (κ2) is 12.1. The third-order valence-electron chi connectivity index (χ3n) is 5.29.